The molecule has 0 aromatic heterocycles. The van der Waals surface area contributed by atoms with E-state index in [1.165, 1.54) is 76.2 Å². The van der Waals surface area contributed by atoms with Gasteiger partial charge in [0.05, 0.1) is 0 Å². The molecule has 0 heterocycles. The van der Waals surface area contributed by atoms with Gasteiger partial charge < -0.3 is 4.74 Å². The Hall–Kier alpha value is -0.630. The van der Waals surface area contributed by atoms with Gasteiger partial charge in [-0.1, -0.05) is 77.2 Å². The Morgan fingerprint density at radius 1 is 0.846 bits per heavy atom. The predicted molar refractivity (Wildman–Crippen MR) is 113 cm³/mol. The summed E-state index contributed by atoms with van der Waals surface area (Å²) in [6.07, 6.45) is 17.7. The largest absolute Gasteiger partial charge is 0.382 e. The number of Topliss-reactive ketones (excluding diaryl/α,β-unsaturated/α-hetero) is 1. The highest BCUT2D eigenvalue weighted by molar-refractivity contribution is 5.96. The quantitative estimate of drug-likeness (QED) is 0.283. The Kier molecular flexibility index (Phi) is 12.2. The molecule has 0 fully saturated rings. The number of unbranched alkanes of at least 4 members (excludes halogenated alkanes) is 10. The fraction of sp³-hybridized carbons (Fsp3) is 0.875. The zero-order valence-electron chi connectivity index (χ0n) is 18.1. The molecule has 152 valence electrons. The van der Waals surface area contributed by atoms with E-state index in [9.17, 15) is 4.79 Å². The van der Waals surface area contributed by atoms with Gasteiger partial charge in [0.25, 0.3) is 0 Å². The van der Waals surface area contributed by atoms with Gasteiger partial charge >= 0.3 is 0 Å². The molecule has 0 bridgehead atoms. The van der Waals surface area contributed by atoms with Gasteiger partial charge in [-0.25, -0.2) is 0 Å². The van der Waals surface area contributed by atoms with E-state index in [4.69, 9.17) is 4.74 Å². The van der Waals surface area contributed by atoms with Crippen molar-refractivity contribution in [2.24, 2.45) is 5.41 Å². The van der Waals surface area contributed by atoms with E-state index in [0.29, 0.717) is 5.78 Å². The molecular weight excluding hydrogens is 320 g/mol. The van der Waals surface area contributed by atoms with E-state index in [1.807, 2.05) is 0 Å². The van der Waals surface area contributed by atoms with Crippen molar-refractivity contribution in [1.29, 1.82) is 0 Å². The van der Waals surface area contributed by atoms with Crippen LogP contribution in [0.25, 0.3) is 0 Å². The van der Waals surface area contributed by atoms with Crippen molar-refractivity contribution in [3.05, 3.63) is 11.1 Å². The maximum Gasteiger partial charge on any atom is 0.158 e. The monoisotopic (exact) mass is 364 g/mol. The zero-order valence-corrected chi connectivity index (χ0v) is 18.1. The van der Waals surface area contributed by atoms with Crippen molar-refractivity contribution < 1.29 is 9.53 Å². The lowest BCUT2D eigenvalue weighted by Gasteiger charge is -2.34. The van der Waals surface area contributed by atoms with Crippen LogP contribution in [0.2, 0.25) is 0 Å². The number of rotatable bonds is 15. The van der Waals surface area contributed by atoms with Gasteiger partial charge in [0.15, 0.2) is 5.78 Å². The van der Waals surface area contributed by atoms with E-state index in [-0.39, 0.29) is 5.41 Å². The minimum atomic E-state index is 0.237. The summed E-state index contributed by atoms with van der Waals surface area (Å²) in [5.41, 5.74) is 2.75. The van der Waals surface area contributed by atoms with Crippen molar-refractivity contribution in [3.63, 3.8) is 0 Å². The highest BCUT2D eigenvalue weighted by atomic mass is 16.5. The molecule has 2 nitrogen and oxygen atoms in total. The van der Waals surface area contributed by atoms with Crippen LogP contribution in [0.5, 0.6) is 0 Å². The molecule has 0 atom stereocenters. The molecule has 0 unspecified atom stereocenters. The lowest BCUT2D eigenvalue weighted by molar-refractivity contribution is -0.116. The van der Waals surface area contributed by atoms with Crippen molar-refractivity contribution in [2.75, 3.05) is 13.2 Å². The molecule has 0 saturated carbocycles. The third kappa shape index (κ3) is 9.35. The maximum atomic E-state index is 12.0. The Labute approximate surface area is 163 Å². The molecule has 26 heavy (non-hydrogen) atoms. The smallest absolute Gasteiger partial charge is 0.158 e. The lowest BCUT2D eigenvalue weighted by Crippen LogP contribution is -2.25. The molecule has 1 aliphatic carbocycles. The van der Waals surface area contributed by atoms with Gasteiger partial charge in [-0.15, -0.1) is 0 Å². The summed E-state index contributed by atoms with van der Waals surface area (Å²) in [5.74, 6) is 0.386. The zero-order chi connectivity index (χ0) is 19.3. The first-order valence-corrected chi connectivity index (χ1v) is 11.3. The van der Waals surface area contributed by atoms with E-state index >= 15 is 0 Å². The third-order valence-electron chi connectivity index (χ3n) is 6.08. The summed E-state index contributed by atoms with van der Waals surface area (Å²) in [5, 5.41) is 0. The van der Waals surface area contributed by atoms with Crippen LogP contribution in [0, 0.1) is 5.41 Å². The molecule has 0 amide bonds. The average molecular weight is 365 g/mol. The second kappa shape index (κ2) is 13.5. The second-order valence-electron chi connectivity index (χ2n) is 8.75. The standard InChI is InChI=1S/C24H44O2/c1-5-26-20-16-14-12-10-8-6-7-9-11-13-15-17-22-21(2)23(25)18-19-24(22,3)4/h5-20H2,1-4H3. The van der Waals surface area contributed by atoms with Crippen LogP contribution in [0.3, 0.4) is 0 Å². The Balaban J connectivity index is 1.96. The second-order valence-corrected chi connectivity index (χ2v) is 8.75. The first kappa shape index (κ1) is 23.4. The Morgan fingerprint density at radius 3 is 1.88 bits per heavy atom. The van der Waals surface area contributed by atoms with E-state index in [0.717, 1.165) is 38.0 Å². The maximum absolute atomic E-state index is 12.0. The van der Waals surface area contributed by atoms with Crippen LogP contribution < -0.4 is 0 Å². The van der Waals surface area contributed by atoms with Gasteiger partial charge in [-0.05, 0) is 50.5 Å². The Morgan fingerprint density at radius 2 is 1.35 bits per heavy atom. The molecule has 0 radical (unpaired) electrons. The van der Waals surface area contributed by atoms with Crippen molar-refractivity contribution in [2.45, 2.75) is 118 Å². The van der Waals surface area contributed by atoms with E-state index in [1.54, 1.807) is 0 Å². The number of hydrogen-bond donors (Lipinski definition) is 0. The summed E-state index contributed by atoms with van der Waals surface area (Å²) < 4.78 is 5.37. The SMILES string of the molecule is CCOCCCCCCCCCCCCCC1=C(C)C(=O)CCC1(C)C. The fourth-order valence-electron chi connectivity index (χ4n) is 4.21. The normalized spacial score (nSPS) is 17.2. The van der Waals surface area contributed by atoms with E-state index < -0.39 is 0 Å². The van der Waals surface area contributed by atoms with Crippen LogP contribution in [0.4, 0.5) is 0 Å². The molecule has 0 saturated heterocycles. The predicted octanol–water partition coefficient (Wildman–Crippen LogP) is 7.41. The highest BCUT2D eigenvalue weighted by Crippen LogP contribution is 2.41. The van der Waals surface area contributed by atoms with Crippen molar-refractivity contribution in [3.8, 4) is 0 Å². The topological polar surface area (TPSA) is 26.3 Å². The molecule has 1 rings (SSSR count). The number of carbonyl (C=O) groups is 1. The van der Waals surface area contributed by atoms with Gasteiger partial charge in [0, 0.05) is 19.6 Å². The summed E-state index contributed by atoms with van der Waals surface area (Å²) >= 11 is 0. The Bertz CT molecular complexity index is 420. The lowest BCUT2D eigenvalue weighted by atomic mass is 9.70. The minimum absolute atomic E-state index is 0.237. The van der Waals surface area contributed by atoms with Gasteiger partial charge in [0.2, 0.25) is 0 Å². The molecular formula is C24H44O2. The number of carbonyl (C=O) groups excluding carboxylic acids is 1. The average Bonchev–Trinajstić information content (AvgIpc) is 2.61. The van der Waals surface area contributed by atoms with Crippen LogP contribution >= 0.6 is 0 Å². The molecule has 0 aliphatic heterocycles. The van der Waals surface area contributed by atoms with Crippen molar-refractivity contribution >= 4 is 5.78 Å². The van der Waals surface area contributed by atoms with Crippen LogP contribution in [0.15, 0.2) is 11.1 Å². The summed E-state index contributed by atoms with van der Waals surface area (Å²) in [6, 6.07) is 0. The molecule has 1 aliphatic rings. The summed E-state index contributed by atoms with van der Waals surface area (Å²) in [7, 11) is 0. The number of allylic oxidation sites excluding steroid dienone is 2. The first-order valence-electron chi connectivity index (χ1n) is 11.3. The van der Waals surface area contributed by atoms with Crippen LogP contribution in [-0.2, 0) is 9.53 Å². The third-order valence-corrected chi connectivity index (χ3v) is 6.08. The summed E-state index contributed by atoms with van der Waals surface area (Å²) in [6.45, 7) is 10.5. The molecule has 0 spiro atoms. The van der Waals surface area contributed by atoms with Crippen LogP contribution in [0.1, 0.15) is 118 Å². The van der Waals surface area contributed by atoms with Gasteiger partial charge in [-0.3, -0.25) is 4.79 Å². The summed E-state index contributed by atoms with van der Waals surface area (Å²) in [4.78, 5) is 12.0. The fourth-order valence-corrected chi connectivity index (χ4v) is 4.21. The number of hydrogen-bond acceptors (Lipinski definition) is 2. The van der Waals surface area contributed by atoms with Crippen molar-refractivity contribution in [1.82, 2.24) is 0 Å². The number of ether oxygens (including phenoxy) is 1. The van der Waals surface area contributed by atoms with Gasteiger partial charge in [-0.2, -0.15) is 0 Å². The van der Waals surface area contributed by atoms with Gasteiger partial charge in [0.1, 0.15) is 0 Å². The molecule has 0 aromatic carbocycles. The molecule has 2 heteroatoms. The molecule has 0 N–H and O–H groups in total. The van der Waals surface area contributed by atoms with E-state index in [2.05, 4.69) is 27.7 Å². The van der Waals surface area contributed by atoms with Crippen LogP contribution in [-0.4, -0.2) is 19.0 Å². The minimum Gasteiger partial charge on any atom is -0.382 e. The first-order chi connectivity index (χ1) is 12.5. The molecule has 0 aromatic rings. The highest BCUT2D eigenvalue weighted by Gasteiger charge is 2.31. The number of ketones is 1.